The maximum atomic E-state index is 12.9. The molecule has 248 valence electrons. The van der Waals surface area contributed by atoms with E-state index >= 15 is 0 Å². The molecule has 0 bridgehead atoms. The molecule has 0 saturated carbocycles. The van der Waals surface area contributed by atoms with Gasteiger partial charge in [-0.2, -0.15) is 0 Å². The third-order valence-electron chi connectivity index (χ3n) is 8.83. The van der Waals surface area contributed by atoms with E-state index in [0.29, 0.717) is 12.1 Å². The molecule has 4 atom stereocenters. The Labute approximate surface area is 289 Å². The summed E-state index contributed by atoms with van der Waals surface area (Å²) in [4.78, 5) is 26.2. The summed E-state index contributed by atoms with van der Waals surface area (Å²) in [5.41, 5.74) is 7.53. The van der Waals surface area contributed by atoms with Crippen LogP contribution in [0.3, 0.4) is 0 Å². The molecule has 1 saturated heterocycles. The van der Waals surface area contributed by atoms with Crippen LogP contribution >= 0.6 is 11.8 Å². The van der Waals surface area contributed by atoms with E-state index in [4.69, 9.17) is 9.47 Å². The van der Waals surface area contributed by atoms with Gasteiger partial charge in [0.05, 0.1) is 36.0 Å². The predicted octanol–water partition coefficient (Wildman–Crippen LogP) is 7.04. The summed E-state index contributed by atoms with van der Waals surface area (Å²) in [6.45, 7) is 2.51. The van der Waals surface area contributed by atoms with Crippen molar-refractivity contribution in [3.8, 4) is 11.1 Å². The van der Waals surface area contributed by atoms with Crippen molar-refractivity contribution in [3.05, 3.63) is 144 Å². The van der Waals surface area contributed by atoms with Crippen LogP contribution in [0.1, 0.15) is 52.1 Å². The third kappa shape index (κ3) is 7.42. The van der Waals surface area contributed by atoms with Crippen molar-refractivity contribution >= 4 is 28.7 Å². The molecule has 1 aliphatic rings. The minimum atomic E-state index is -0.587. The van der Waals surface area contributed by atoms with Crippen LogP contribution in [0.25, 0.3) is 22.2 Å². The molecule has 10 heteroatoms. The van der Waals surface area contributed by atoms with E-state index in [1.807, 2.05) is 90.6 Å². The molecule has 9 nitrogen and oxygen atoms in total. The van der Waals surface area contributed by atoms with Gasteiger partial charge in [0.2, 0.25) is 0 Å². The summed E-state index contributed by atoms with van der Waals surface area (Å²) >= 11 is 1.67. The lowest BCUT2D eigenvalue weighted by Crippen LogP contribution is -2.38. The van der Waals surface area contributed by atoms with Crippen LogP contribution in [-0.2, 0) is 29.7 Å². The number of rotatable bonds is 10. The van der Waals surface area contributed by atoms with Crippen LogP contribution in [0.5, 0.6) is 0 Å². The average molecular weight is 672 g/mol. The van der Waals surface area contributed by atoms with Crippen LogP contribution in [0.2, 0.25) is 0 Å². The standard InChI is InChI=1S/C39H37N5O4S/c1-25-35(24-49-39-40-17-18-44(39)2)47-38(48-36(25)28-15-13-26(23-45)14-16-28)31-10-6-9-30(20-31)29-8-5-7-27(19-29)21-42-37(46)34-22-41-32-11-3-4-12-33(32)43-34/h3-20,22,25,35-36,38,45H,21,23-24H2,1-2H3,(H,42,46)/t25-,35+,36+,38+/m0/s1. The summed E-state index contributed by atoms with van der Waals surface area (Å²) in [5.74, 6) is 0.511. The van der Waals surface area contributed by atoms with Crippen molar-refractivity contribution in [2.45, 2.75) is 43.7 Å². The fraction of sp³-hybridized carbons (Fsp3) is 0.231. The summed E-state index contributed by atoms with van der Waals surface area (Å²) < 4.78 is 15.4. The van der Waals surface area contributed by atoms with Gasteiger partial charge in [-0.3, -0.25) is 9.78 Å². The minimum Gasteiger partial charge on any atom is -0.392 e. The Morgan fingerprint density at radius 3 is 2.43 bits per heavy atom. The maximum Gasteiger partial charge on any atom is 0.271 e. The number of benzene rings is 4. The molecular weight excluding hydrogens is 635 g/mol. The molecule has 0 unspecified atom stereocenters. The number of hydrogen-bond donors (Lipinski definition) is 2. The topological polar surface area (TPSA) is 111 Å². The second kappa shape index (κ2) is 14.7. The van der Waals surface area contributed by atoms with Gasteiger partial charge in [-0.1, -0.05) is 91.5 Å². The number of nitrogens with zero attached hydrogens (tertiary/aromatic N) is 4. The van der Waals surface area contributed by atoms with Crippen molar-refractivity contribution in [3.63, 3.8) is 0 Å². The molecule has 4 aromatic carbocycles. The third-order valence-corrected chi connectivity index (χ3v) is 9.98. The molecule has 6 aromatic rings. The van der Waals surface area contributed by atoms with E-state index in [2.05, 4.69) is 51.5 Å². The number of carbonyl (C=O) groups excluding carboxylic acids is 1. The second-order valence-electron chi connectivity index (χ2n) is 12.2. The van der Waals surface area contributed by atoms with E-state index in [9.17, 15) is 9.90 Å². The van der Waals surface area contributed by atoms with Crippen LogP contribution in [0, 0.1) is 5.92 Å². The Bertz CT molecular complexity index is 2070. The zero-order chi connectivity index (χ0) is 33.7. The summed E-state index contributed by atoms with van der Waals surface area (Å²) in [5, 5.41) is 13.5. The summed E-state index contributed by atoms with van der Waals surface area (Å²) in [6, 6.07) is 31.8. The first-order chi connectivity index (χ1) is 23.9. The number of thioether (sulfide) groups is 1. The molecule has 49 heavy (non-hydrogen) atoms. The Hall–Kier alpha value is -4.87. The zero-order valence-corrected chi connectivity index (χ0v) is 28.1. The number of hydrogen-bond acceptors (Lipinski definition) is 8. The molecule has 1 fully saturated rings. The number of ether oxygens (including phenoxy) is 2. The van der Waals surface area contributed by atoms with E-state index in [0.717, 1.165) is 49.8 Å². The van der Waals surface area contributed by atoms with Gasteiger partial charge >= 0.3 is 0 Å². The fourth-order valence-electron chi connectivity index (χ4n) is 6.02. The van der Waals surface area contributed by atoms with E-state index in [-0.39, 0.29) is 36.3 Å². The molecule has 2 N–H and O–H groups in total. The summed E-state index contributed by atoms with van der Waals surface area (Å²) in [7, 11) is 1.99. The molecule has 0 radical (unpaired) electrons. The summed E-state index contributed by atoms with van der Waals surface area (Å²) in [6.07, 6.45) is 4.35. The van der Waals surface area contributed by atoms with Gasteiger partial charge in [0.15, 0.2) is 11.4 Å². The molecule has 3 heterocycles. The minimum absolute atomic E-state index is 0.00444. The number of aromatic nitrogens is 4. The van der Waals surface area contributed by atoms with E-state index in [1.54, 1.807) is 18.0 Å². The number of para-hydroxylation sites is 2. The lowest BCUT2D eigenvalue weighted by molar-refractivity contribution is -0.268. The first-order valence-corrected chi connectivity index (χ1v) is 17.2. The van der Waals surface area contributed by atoms with E-state index in [1.165, 1.54) is 6.20 Å². The van der Waals surface area contributed by atoms with Gasteiger partial charge in [0.25, 0.3) is 5.91 Å². The van der Waals surface area contributed by atoms with Crippen LogP contribution in [-0.4, -0.2) is 42.4 Å². The van der Waals surface area contributed by atoms with Gasteiger partial charge in [0.1, 0.15) is 5.69 Å². The quantitative estimate of drug-likeness (QED) is 0.149. The largest absolute Gasteiger partial charge is 0.392 e. The monoisotopic (exact) mass is 671 g/mol. The highest BCUT2D eigenvalue weighted by molar-refractivity contribution is 7.99. The Balaban J connectivity index is 1.09. The smallest absolute Gasteiger partial charge is 0.271 e. The highest BCUT2D eigenvalue weighted by Crippen LogP contribution is 2.43. The highest BCUT2D eigenvalue weighted by Gasteiger charge is 2.38. The van der Waals surface area contributed by atoms with Gasteiger partial charge in [-0.05, 0) is 52.1 Å². The average Bonchev–Trinajstić information content (AvgIpc) is 3.57. The van der Waals surface area contributed by atoms with Crippen molar-refractivity contribution in [1.29, 1.82) is 0 Å². The molecular formula is C39H37N5O4S. The van der Waals surface area contributed by atoms with E-state index < -0.39 is 6.29 Å². The Kier molecular flexibility index (Phi) is 9.81. The van der Waals surface area contributed by atoms with Crippen molar-refractivity contribution in [1.82, 2.24) is 24.8 Å². The number of aryl methyl sites for hydroxylation is 1. The Morgan fingerprint density at radius 2 is 1.65 bits per heavy atom. The Morgan fingerprint density at radius 1 is 0.878 bits per heavy atom. The van der Waals surface area contributed by atoms with Crippen LogP contribution in [0.4, 0.5) is 0 Å². The molecule has 1 aliphatic heterocycles. The number of imidazole rings is 1. The predicted molar refractivity (Wildman–Crippen MR) is 189 cm³/mol. The highest BCUT2D eigenvalue weighted by atomic mass is 32.2. The SMILES string of the molecule is C[C@H]1[C@@H](CSc2nccn2C)O[C@@H](c2cccc(-c3cccc(CNC(=O)c4cnc5ccccc5n4)c3)c2)O[C@H]1c1ccc(CO)cc1. The van der Waals surface area contributed by atoms with Crippen molar-refractivity contribution < 1.29 is 19.4 Å². The molecule has 2 aromatic heterocycles. The van der Waals surface area contributed by atoms with Crippen molar-refractivity contribution in [2.75, 3.05) is 5.75 Å². The second-order valence-corrected chi connectivity index (χ2v) is 13.2. The lowest BCUT2D eigenvalue weighted by Gasteiger charge is -2.41. The zero-order valence-electron chi connectivity index (χ0n) is 27.3. The fourth-order valence-corrected chi connectivity index (χ4v) is 7.12. The molecule has 1 amide bonds. The first-order valence-electron chi connectivity index (χ1n) is 16.2. The first kappa shape index (κ1) is 32.7. The lowest BCUT2D eigenvalue weighted by atomic mass is 9.91. The van der Waals surface area contributed by atoms with Gasteiger partial charge in [0, 0.05) is 43.2 Å². The normalized spacial score (nSPS) is 19.2. The maximum absolute atomic E-state index is 12.9. The number of aliphatic hydroxyl groups is 1. The number of aliphatic hydroxyl groups excluding tert-OH is 1. The number of fused-ring (bicyclic) bond motifs is 1. The number of amides is 1. The molecule has 0 spiro atoms. The molecule has 7 rings (SSSR count). The number of nitrogens with one attached hydrogen (secondary N) is 1. The van der Waals surface area contributed by atoms with Gasteiger partial charge in [-0.15, -0.1) is 0 Å². The van der Waals surface area contributed by atoms with Crippen LogP contribution in [0.15, 0.2) is 121 Å². The van der Waals surface area contributed by atoms with Gasteiger partial charge < -0.3 is 24.5 Å². The van der Waals surface area contributed by atoms with Crippen LogP contribution < -0.4 is 5.32 Å². The molecule has 0 aliphatic carbocycles. The number of carbonyl (C=O) groups is 1. The van der Waals surface area contributed by atoms with Crippen molar-refractivity contribution in [2.24, 2.45) is 13.0 Å². The van der Waals surface area contributed by atoms with Gasteiger partial charge in [-0.25, -0.2) is 9.97 Å².